The number of aromatic nitrogens is 5. The van der Waals surface area contributed by atoms with E-state index >= 15 is 0 Å². The van der Waals surface area contributed by atoms with Crippen LogP contribution in [-0.2, 0) is 18.4 Å². The molecule has 2 heterocycles. The fourth-order valence-electron chi connectivity index (χ4n) is 3.38. The molecule has 33 heavy (non-hydrogen) atoms. The molecule has 10 heteroatoms. The third-order valence-corrected chi connectivity index (χ3v) is 5.87. The van der Waals surface area contributed by atoms with Gasteiger partial charge in [0.05, 0.1) is 18.4 Å². The van der Waals surface area contributed by atoms with E-state index in [9.17, 15) is 9.18 Å². The van der Waals surface area contributed by atoms with E-state index in [2.05, 4.69) is 20.6 Å². The average Bonchev–Trinajstić information content (AvgIpc) is 3.41. The van der Waals surface area contributed by atoms with E-state index in [0.29, 0.717) is 34.7 Å². The molecule has 0 aliphatic carbocycles. The minimum Gasteiger partial charge on any atom is -0.497 e. The van der Waals surface area contributed by atoms with Crippen LogP contribution in [-0.4, -0.2) is 43.3 Å². The predicted molar refractivity (Wildman–Crippen MR) is 126 cm³/mol. The molecule has 8 nitrogen and oxygen atoms in total. The highest BCUT2D eigenvalue weighted by Crippen LogP contribution is 2.32. The number of aryl methyl sites for hydroxylation is 1. The molecule has 0 fully saturated rings. The number of carbonyl (C=O) groups excluding carboxylic acids is 1. The lowest BCUT2D eigenvalue weighted by Crippen LogP contribution is -2.14. The number of hydrogen-bond acceptors (Lipinski definition) is 6. The predicted octanol–water partition coefficient (Wildman–Crippen LogP) is 4.24. The zero-order chi connectivity index (χ0) is 23.4. The first-order valence-electron chi connectivity index (χ1n) is 10.3. The summed E-state index contributed by atoms with van der Waals surface area (Å²) in [5, 5.41) is 16.7. The Bertz CT molecular complexity index is 1270. The number of methoxy groups -OCH3 is 1. The van der Waals surface area contributed by atoms with Crippen molar-refractivity contribution in [2.24, 2.45) is 7.05 Å². The van der Waals surface area contributed by atoms with Crippen molar-refractivity contribution >= 4 is 23.4 Å². The van der Waals surface area contributed by atoms with Gasteiger partial charge in [-0.05, 0) is 43.3 Å². The highest BCUT2D eigenvalue weighted by Gasteiger charge is 2.20. The highest BCUT2D eigenvalue weighted by molar-refractivity contribution is 7.99. The van der Waals surface area contributed by atoms with Crippen molar-refractivity contribution in [1.82, 2.24) is 24.5 Å². The van der Waals surface area contributed by atoms with Crippen molar-refractivity contribution < 1.29 is 13.9 Å². The Balaban J connectivity index is 1.53. The van der Waals surface area contributed by atoms with Crippen LogP contribution in [0.5, 0.6) is 5.75 Å². The standard InChI is InChI=1S/C23H23FN6O2S/c1-4-30-22(19-13-29(2)28-21(19)15-8-10-16(24)11-9-15)26-27-23(30)33-14-20(31)25-17-6-5-7-18(12-17)32-3/h5-13H,4,14H2,1-3H3,(H,25,31). The largest absolute Gasteiger partial charge is 0.497 e. The smallest absolute Gasteiger partial charge is 0.234 e. The third kappa shape index (κ3) is 5.06. The Morgan fingerprint density at radius 2 is 1.97 bits per heavy atom. The van der Waals surface area contributed by atoms with Crippen molar-refractivity contribution in [3.05, 3.63) is 60.5 Å². The molecule has 0 radical (unpaired) electrons. The quantitative estimate of drug-likeness (QED) is 0.391. The van der Waals surface area contributed by atoms with E-state index in [1.807, 2.05) is 36.9 Å². The summed E-state index contributed by atoms with van der Waals surface area (Å²) in [6.45, 7) is 2.60. The van der Waals surface area contributed by atoms with Gasteiger partial charge in [-0.15, -0.1) is 10.2 Å². The molecule has 0 unspecified atom stereocenters. The van der Waals surface area contributed by atoms with Crippen molar-refractivity contribution in [1.29, 1.82) is 0 Å². The van der Waals surface area contributed by atoms with E-state index in [1.54, 1.807) is 36.1 Å². The maximum Gasteiger partial charge on any atom is 0.234 e. The summed E-state index contributed by atoms with van der Waals surface area (Å²) in [6, 6.07) is 13.4. The summed E-state index contributed by atoms with van der Waals surface area (Å²) >= 11 is 1.30. The molecule has 0 saturated heterocycles. The number of carbonyl (C=O) groups is 1. The van der Waals surface area contributed by atoms with Gasteiger partial charge in [-0.2, -0.15) is 5.10 Å². The maximum absolute atomic E-state index is 13.4. The molecule has 0 saturated carbocycles. The van der Waals surface area contributed by atoms with E-state index in [4.69, 9.17) is 4.74 Å². The molecule has 0 spiro atoms. The summed E-state index contributed by atoms with van der Waals surface area (Å²) < 4.78 is 22.2. The molecule has 4 aromatic rings. The summed E-state index contributed by atoms with van der Waals surface area (Å²) in [5.74, 6) is 1.02. The lowest BCUT2D eigenvalue weighted by Gasteiger charge is -2.09. The van der Waals surface area contributed by atoms with E-state index < -0.39 is 0 Å². The fourth-order valence-corrected chi connectivity index (χ4v) is 4.18. The number of hydrogen-bond donors (Lipinski definition) is 1. The number of ether oxygens (including phenoxy) is 1. The van der Waals surface area contributed by atoms with Crippen LogP contribution in [0, 0.1) is 5.82 Å². The van der Waals surface area contributed by atoms with Crippen LogP contribution in [0.15, 0.2) is 59.9 Å². The Morgan fingerprint density at radius 1 is 1.18 bits per heavy atom. The number of nitrogens with zero attached hydrogens (tertiary/aromatic N) is 5. The van der Waals surface area contributed by atoms with Crippen LogP contribution in [0.1, 0.15) is 6.92 Å². The first-order chi connectivity index (χ1) is 16.0. The van der Waals surface area contributed by atoms with Crippen LogP contribution in [0.4, 0.5) is 10.1 Å². The molecule has 1 amide bonds. The molecule has 170 valence electrons. The second-order valence-corrected chi connectivity index (χ2v) is 8.13. The highest BCUT2D eigenvalue weighted by atomic mass is 32.2. The van der Waals surface area contributed by atoms with Crippen molar-refractivity contribution in [3.63, 3.8) is 0 Å². The molecule has 1 N–H and O–H groups in total. The van der Waals surface area contributed by atoms with Gasteiger partial charge in [-0.1, -0.05) is 17.8 Å². The summed E-state index contributed by atoms with van der Waals surface area (Å²) in [5.41, 5.74) is 2.92. The second-order valence-electron chi connectivity index (χ2n) is 7.19. The normalized spacial score (nSPS) is 10.9. The molecule has 4 rings (SSSR count). The molecular formula is C23H23FN6O2S. The Morgan fingerprint density at radius 3 is 2.70 bits per heavy atom. The van der Waals surface area contributed by atoms with Gasteiger partial charge >= 0.3 is 0 Å². The van der Waals surface area contributed by atoms with Crippen LogP contribution >= 0.6 is 11.8 Å². The lowest BCUT2D eigenvalue weighted by atomic mass is 10.1. The van der Waals surface area contributed by atoms with Gasteiger partial charge in [0.25, 0.3) is 0 Å². The number of halogens is 1. The van der Waals surface area contributed by atoms with Gasteiger partial charge in [-0.25, -0.2) is 4.39 Å². The first-order valence-corrected chi connectivity index (χ1v) is 11.3. The van der Waals surface area contributed by atoms with Gasteiger partial charge in [0.2, 0.25) is 5.91 Å². The van der Waals surface area contributed by atoms with Crippen LogP contribution in [0.3, 0.4) is 0 Å². The van der Waals surface area contributed by atoms with Gasteiger partial charge in [0.1, 0.15) is 17.3 Å². The molecule has 0 bridgehead atoms. The fraction of sp³-hybridized carbons (Fsp3) is 0.217. The molecule has 0 atom stereocenters. The zero-order valence-electron chi connectivity index (χ0n) is 18.4. The number of thioether (sulfide) groups is 1. The number of anilines is 1. The SMILES string of the molecule is CCn1c(SCC(=O)Nc2cccc(OC)c2)nnc1-c1cn(C)nc1-c1ccc(F)cc1. The van der Waals surface area contributed by atoms with E-state index in [1.165, 1.54) is 23.9 Å². The zero-order valence-corrected chi connectivity index (χ0v) is 19.3. The van der Waals surface area contributed by atoms with Crippen molar-refractivity contribution in [3.8, 4) is 28.4 Å². The Labute approximate surface area is 194 Å². The monoisotopic (exact) mass is 466 g/mol. The average molecular weight is 467 g/mol. The van der Waals surface area contributed by atoms with E-state index in [0.717, 1.165) is 11.1 Å². The molecule has 0 aliphatic rings. The van der Waals surface area contributed by atoms with Crippen LogP contribution < -0.4 is 10.1 Å². The lowest BCUT2D eigenvalue weighted by molar-refractivity contribution is -0.113. The second kappa shape index (κ2) is 9.86. The number of benzene rings is 2. The topological polar surface area (TPSA) is 86.9 Å². The van der Waals surface area contributed by atoms with Gasteiger partial charge in [0, 0.05) is 37.1 Å². The minimum atomic E-state index is -0.307. The molecule has 2 aromatic carbocycles. The van der Waals surface area contributed by atoms with Gasteiger partial charge in [-0.3, -0.25) is 9.48 Å². The van der Waals surface area contributed by atoms with Crippen molar-refractivity contribution in [2.75, 3.05) is 18.2 Å². The maximum atomic E-state index is 13.4. The number of nitrogens with one attached hydrogen (secondary N) is 1. The molecule has 0 aliphatic heterocycles. The number of rotatable bonds is 8. The summed E-state index contributed by atoms with van der Waals surface area (Å²) in [6.07, 6.45) is 1.86. The van der Waals surface area contributed by atoms with Crippen LogP contribution in [0.25, 0.3) is 22.6 Å². The number of amides is 1. The van der Waals surface area contributed by atoms with Gasteiger partial charge in [0.15, 0.2) is 11.0 Å². The Kier molecular flexibility index (Phi) is 6.74. The first kappa shape index (κ1) is 22.5. The molecule has 2 aromatic heterocycles. The molecular weight excluding hydrogens is 443 g/mol. The summed E-state index contributed by atoms with van der Waals surface area (Å²) in [7, 11) is 3.40. The minimum absolute atomic E-state index is 0.158. The van der Waals surface area contributed by atoms with Crippen molar-refractivity contribution in [2.45, 2.75) is 18.6 Å². The summed E-state index contributed by atoms with van der Waals surface area (Å²) in [4.78, 5) is 12.5. The van der Waals surface area contributed by atoms with Gasteiger partial charge < -0.3 is 14.6 Å². The van der Waals surface area contributed by atoms with Crippen LogP contribution in [0.2, 0.25) is 0 Å². The Hall–Kier alpha value is -3.66. The third-order valence-electron chi connectivity index (χ3n) is 4.91. The van der Waals surface area contributed by atoms with E-state index in [-0.39, 0.29) is 17.5 Å².